The summed E-state index contributed by atoms with van der Waals surface area (Å²) >= 11 is 19.6. The highest BCUT2D eigenvalue weighted by molar-refractivity contribution is 6.38. The van der Waals surface area contributed by atoms with Gasteiger partial charge in [-0.1, -0.05) is 122 Å². The predicted octanol–water partition coefficient (Wildman–Crippen LogP) is 15.8. The number of likely N-dealkylation sites (tertiary alicyclic amines) is 4. The Morgan fingerprint density at radius 3 is 1.13 bits per heavy atom. The van der Waals surface area contributed by atoms with Crippen molar-refractivity contribution < 1.29 is 54.9 Å². The summed E-state index contributed by atoms with van der Waals surface area (Å²) in [6.07, 6.45) is 11.3. The molecule has 6 aromatic carbocycles. The van der Waals surface area contributed by atoms with Crippen molar-refractivity contribution in [3.8, 4) is 18.0 Å². The number of rotatable bonds is 21. The normalized spacial score (nSPS) is 22.3. The first-order chi connectivity index (χ1) is 68.9. The lowest BCUT2D eigenvalue weighted by atomic mass is 9.62. The maximum atomic E-state index is 14.7. The zero-order valence-electron chi connectivity index (χ0n) is 81.0. The summed E-state index contributed by atoms with van der Waals surface area (Å²) in [5.41, 5.74) is 8.72. The molecule has 9 aromatic rings. The van der Waals surface area contributed by atoms with Crippen molar-refractivity contribution in [3.63, 3.8) is 0 Å². The third-order valence-electron chi connectivity index (χ3n) is 31.7. The summed E-state index contributed by atoms with van der Waals surface area (Å²) in [5.74, 6) is -3.94. The van der Waals surface area contributed by atoms with Crippen molar-refractivity contribution in [1.82, 2.24) is 64.2 Å². The molecule has 6 atom stereocenters. The number of benzene rings is 6. The SMILES string of the molecule is [C-]#[N+]C[C@H]1CN(c2nc(OCC3CC4(CC4)CN3C)nc3c2CCN(c2cccc4ccc(F)c(Cl)c24)C3)CCN1C(=O)C(=C)F.[C-]#[N+]C[C@H]1CN(c2nc(OCC3CCCCC34CN(C)C4)nc3c2CCN(c2cccc4ccc(F)c(Cl)c24)C3)CCN1C(=O)C(=C)F.[C-]#[N+]C[C@H]1CN(c2nc(OCC3CN(C)CCC34CN(C)C4)nc3c2CCN(c2cccc4ccc(F)c(Cl)c24)C3)CCN1C(=O)C(=C)F. The molecule has 12 aliphatic rings. The Hall–Kier alpha value is -12.1. The number of halogens is 9. The van der Waals surface area contributed by atoms with Gasteiger partial charge in [-0.25, -0.2) is 46.1 Å². The van der Waals surface area contributed by atoms with Gasteiger partial charge in [0.1, 0.15) is 59.6 Å². The van der Waals surface area contributed by atoms with Crippen LogP contribution in [0, 0.1) is 65.2 Å². The third kappa shape index (κ3) is 20.3. The molecule has 13 heterocycles. The fourth-order valence-electron chi connectivity index (χ4n) is 24.3. The molecule has 9 fully saturated rings. The monoisotopic (exact) mass is 2010 g/mol. The molecule has 143 heavy (non-hydrogen) atoms. The van der Waals surface area contributed by atoms with E-state index in [1.807, 2.05) is 54.6 Å². The van der Waals surface area contributed by atoms with Gasteiger partial charge in [0.2, 0.25) is 19.6 Å². The van der Waals surface area contributed by atoms with Crippen molar-refractivity contribution in [2.45, 2.75) is 114 Å². The fourth-order valence-corrected chi connectivity index (χ4v) is 25.1. The molecule has 750 valence electrons. The van der Waals surface area contributed by atoms with E-state index in [4.69, 9.17) is 98.6 Å². The van der Waals surface area contributed by atoms with Crippen LogP contribution in [-0.2, 0) is 53.3 Å². The molecule has 3 unspecified atom stereocenters. The van der Waals surface area contributed by atoms with Gasteiger partial charge in [0, 0.05) is 196 Å². The number of ether oxygens (including phenoxy) is 3. The van der Waals surface area contributed by atoms with Crippen LogP contribution in [0.4, 0.5) is 60.9 Å². The number of aromatic nitrogens is 6. The van der Waals surface area contributed by atoms with Crippen LogP contribution < -0.4 is 43.6 Å². The lowest BCUT2D eigenvalue weighted by Gasteiger charge is -2.56. The zero-order valence-corrected chi connectivity index (χ0v) is 83.3. The lowest BCUT2D eigenvalue weighted by molar-refractivity contribution is -0.131. The van der Waals surface area contributed by atoms with E-state index in [0.717, 1.165) is 138 Å². The van der Waals surface area contributed by atoms with Crippen molar-refractivity contribution in [2.24, 2.45) is 28.1 Å². The highest BCUT2D eigenvalue weighted by Gasteiger charge is 2.54. The van der Waals surface area contributed by atoms with Crippen molar-refractivity contribution in [2.75, 3.05) is 221 Å². The number of fused-ring (bicyclic) bond motifs is 6. The number of anilines is 6. The molecule has 21 rings (SSSR count). The second kappa shape index (κ2) is 41.6. The molecule has 2 saturated carbocycles. The highest BCUT2D eigenvalue weighted by Crippen LogP contribution is 2.55. The molecule has 7 saturated heterocycles. The van der Waals surface area contributed by atoms with E-state index in [1.165, 1.54) is 65.0 Å². The molecule has 0 N–H and O–H groups in total. The van der Waals surface area contributed by atoms with Crippen LogP contribution in [0.2, 0.25) is 15.1 Å². The molecular weight excluding hydrogens is 1900 g/mol. The number of likely N-dealkylation sites (N-methyl/N-ethyl adjacent to an activating group) is 1. The maximum absolute atomic E-state index is 14.7. The molecule has 3 spiro atoms. The lowest BCUT2D eigenvalue weighted by Crippen LogP contribution is -2.64. The Bertz CT molecular complexity index is 6610. The van der Waals surface area contributed by atoms with Gasteiger partial charge in [-0.15, -0.1) is 0 Å². The average Bonchev–Trinajstić information content (AvgIpc) is 0.932. The number of amides is 3. The van der Waals surface area contributed by atoms with E-state index in [9.17, 15) is 40.7 Å². The zero-order chi connectivity index (χ0) is 100. The van der Waals surface area contributed by atoms with Gasteiger partial charge >= 0.3 is 18.0 Å². The number of carbonyl (C=O) groups excluding carboxylic acids is 3. The molecule has 28 nitrogen and oxygen atoms in total. The molecule has 3 amide bonds. The minimum atomic E-state index is -1.03. The van der Waals surface area contributed by atoms with Crippen molar-refractivity contribution in [1.29, 1.82) is 0 Å². The second-order valence-corrected chi connectivity index (χ2v) is 42.1. The standard InChI is InChI=1S/C36H41ClF2N8O2.C36H40ClF2N7O2.C34H36ClF2N7O2/c1-23(38)34(48)47-15-14-46(18-26(47)16-40-2)33-27-10-12-45(30-7-5-6-24-8-9-28(39)32(37)31(24)30)19-29(27)41-35(42-33)49-20-25-17-43(3)13-11-36(25)21-44(4)22-36;1-23(38)34(47)46-16-15-45(18-26(46)17-40-2)33-27-12-14-44(30-9-6-7-24-10-11-28(39)32(37)31(24)30)19-29(27)41-35(42-33)48-20-25-8-4-5-13-36(25)21-43(3)22-36;1-21(36)32(45)44-14-13-43(17-24(44)16-38-2)31-25-9-12-42(28-6-4-5-22-7-8-26(37)30(35)29(22)28)18-27(25)39-33(40-31)46-19-23-15-34(10-11-34)20-41(23)3/h5-9,25-26H,1,10-22H2,3-4H3;6-7,9-11,25-26H,1,4-5,8,12-22H2,3H3;4-8,23-24H,1,9-20H2,3H3/t2*25?,26-;23?,24-/m000/s1. The topological polar surface area (TPSA) is 211 Å². The Balaban J connectivity index is 0.000000136. The van der Waals surface area contributed by atoms with Crippen LogP contribution in [-0.4, -0.2) is 298 Å². The first-order valence-electron chi connectivity index (χ1n) is 49.3. The summed E-state index contributed by atoms with van der Waals surface area (Å²) < 4.78 is 105. The molecular formula is C106H117Cl3F6N22O6. The van der Waals surface area contributed by atoms with Crippen LogP contribution in [0.5, 0.6) is 18.0 Å². The summed E-state index contributed by atoms with van der Waals surface area (Å²) in [6.45, 7) is 47.1. The molecule has 10 aliphatic heterocycles. The fraction of sp³-hybridized carbons (Fsp3) is 0.491. The molecule has 2 aliphatic carbocycles. The molecule has 3 aromatic heterocycles. The van der Waals surface area contributed by atoms with E-state index >= 15 is 0 Å². The Kier molecular flexibility index (Phi) is 29.0. The third-order valence-corrected chi connectivity index (χ3v) is 32.8. The van der Waals surface area contributed by atoms with Gasteiger partial charge in [0.15, 0.2) is 17.5 Å². The van der Waals surface area contributed by atoms with Crippen LogP contribution in [0.1, 0.15) is 85.1 Å². The van der Waals surface area contributed by atoms with Gasteiger partial charge in [-0.3, -0.25) is 19.3 Å². The number of nitrogens with zero attached hydrogens (tertiary/aromatic N) is 22. The number of piperidine rings is 1. The summed E-state index contributed by atoms with van der Waals surface area (Å²) in [6, 6.07) is 26.4. The summed E-state index contributed by atoms with van der Waals surface area (Å²) in [7, 11) is 8.61. The van der Waals surface area contributed by atoms with E-state index in [-0.39, 0.29) is 83.2 Å². The number of carbonyl (C=O) groups is 3. The minimum absolute atomic E-state index is 0.0318. The smallest absolute Gasteiger partial charge is 0.318 e. The second-order valence-electron chi connectivity index (χ2n) is 40.9. The quantitative estimate of drug-likeness (QED) is 0.0372. The van der Waals surface area contributed by atoms with Crippen molar-refractivity contribution in [3.05, 3.63) is 229 Å². The number of hydrogen-bond acceptors (Lipinski definition) is 22. The molecule has 0 bridgehead atoms. The first kappa shape index (κ1) is 99.7. The van der Waals surface area contributed by atoms with Gasteiger partial charge in [-0.05, 0) is 150 Å². The van der Waals surface area contributed by atoms with Crippen LogP contribution >= 0.6 is 34.8 Å². The Morgan fingerprint density at radius 2 is 0.776 bits per heavy atom. The maximum Gasteiger partial charge on any atom is 0.318 e. The van der Waals surface area contributed by atoms with Gasteiger partial charge in [-0.2, -0.15) is 29.9 Å². The van der Waals surface area contributed by atoms with Crippen molar-refractivity contribution >= 4 is 119 Å². The van der Waals surface area contributed by atoms with Crippen LogP contribution in [0.3, 0.4) is 0 Å². The van der Waals surface area contributed by atoms with Gasteiger partial charge in [0.05, 0.1) is 65.0 Å². The average molecular weight is 2020 g/mol. The van der Waals surface area contributed by atoms with E-state index in [2.05, 4.69) is 111 Å². The van der Waals surface area contributed by atoms with E-state index < -0.39 is 70.8 Å². The Labute approximate surface area is 844 Å². The largest absolute Gasteiger partial charge is 0.463 e. The Morgan fingerprint density at radius 1 is 0.413 bits per heavy atom. The number of piperazine rings is 3. The van der Waals surface area contributed by atoms with Gasteiger partial charge in [0.25, 0.3) is 17.7 Å². The molecule has 37 heteroatoms. The first-order valence-corrected chi connectivity index (χ1v) is 50.4. The number of hydrogen-bond donors (Lipinski definition) is 0. The highest BCUT2D eigenvalue weighted by atomic mass is 35.5. The predicted molar refractivity (Wildman–Crippen MR) is 542 cm³/mol. The van der Waals surface area contributed by atoms with Crippen LogP contribution in [0.15, 0.2) is 128 Å². The summed E-state index contributed by atoms with van der Waals surface area (Å²) in [4.78, 5) is 105. The van der Waals surface area contributed by atoms with Gasteiger partial charge < -0.3 is 87.5 Å². The minimum Gasteiger partial charge on any atom is -0.463 e. The van der Waals surface area contributed by atoms with E-state index in [0.29, 0.717) is 169 Å². The summed E-state index contributed by atoms with van der Waals surface area (Å²) in [5, 5.41) is 4.83. The molecule has 0 radical (unpaired) electrons. The van der Waals surface area contributed by atoms with E-state index in [1.54, 1.807) is 18.2 Å². The van der Waals surface area contributed by atoms with Crippen LogP contribution in [0.25, 0.3) is 46.9 Å².